The van der Waals surface area contributed by atoms with Gasteiger partial charge in [-0.15, -0.1) is 0 Å². The highest BCUT2D eigenvalue weighted by Crippen LogP contribution is 2.08. The molecule has 0 N–H and O–H groups in total. The number of ether oxygens (including phenoxy) is 3. The lowest BCUT2D eigenvalue weighted by Gasteiger charge is -2.34. The third-order valence-corrected chi connectivity index (χ3v) is 3.23. The van der Waals surface area contributed by atoms with Gasteiger partial charge in [0.2, 0.25) is 0 Å². The number of rotatable bonds is 7. The first-order valence-electron chi connectivity index (χ1n) is 5.33. The average Bonchev–Trinajstić information content (AvgIpc) is 2.29. The summed E-state index contributed by atoms with van der Waals surface area (Å²) in [4.78, 5) is 2.41. The van der Waals surface area contributed by atoms with E-state index in [9.17, 15) is 0 Å². The Kier molecular flexibility index (Phi) is 7.56. The van der Waals surface area contributed by atoms with Crippen LogP contribution in [0.3, 0.4) is 0 Å². The molecule has 15 heavy (non-hydrogen) atoms. The largest absolute Gasteiger partial charge is 0.382 e. The van der Waals surface area contributed by atoms with E-state index < -0.39 is 0 Å². The van der Waals surface area contributed by atoms with E-state index in [0.29, 0.717) is 19.3 Å². The van der Waals surface area contributed by atoms with Gasteiger partial charge >= 0.3 is 0 Å². The highest BCUT2D eigenvalue weighted by Gasteiger charge is 2.21. The molecule has 1 aliphatic rings. The number of methoxy groups -OCH3 is 1. The lowest BCUT2D eigenvalue weighted by atomic mass is 10.2. The van der Waals surface area contributed by atoms with Crippen LogP contribution in [-0.2, 0) is 14.2 Å². The molecule has 0 radical (unpaired) electrons. The molecule has 0 amide bonds. The Morgan fingerprint density at radius 1 is 1.40 bits per heavy atom. The van der Waals surface area contributed by atoms with E-state index in [0.717, 1.165) is 38.2 Å². The van der Waals surface area contributed by atoms with Gasteiger partial charge in [-0.2, -0.15) is 0 Å². The molecule has 1 atom stereocenters. The molecule has 1 heterocycles. The maximum absolute atomic E-state index is 5.45. The maximum atomic E-state index is 5.45. The molecule has 4 nitrogen and oxygen atoms in total. The van der Waals surface area contributed by atoms with Crippen LogP contribution in [0.2, 0.25) is 0 Å². The molecule has 0 aromatic rings. The molecular formula is C10H20BrNO3. The van der Waals surface area contributed by atoms with Gasteiger partial charge in [-0.25, -0.2) is 0 Å². The van der Waals surface area contributed by atoms with E-state index in [1.165, 1.54) is 0 Å². The van der Waals surface area contributed by atoms with Crippen molar-refractivity contribution in [3.63, 3.8) is 0 Å². The fourth-order valence-electron chi connectivity index (χ4n) is 1.55. The van der Waals surface area contributed by atoms with Crippen LogP contribution in [0.15, 0.2) is 0 Å². The fraction of sp³-hybridized carbons (Fsp3) is 1.00. The Morgan fingerprint density at radius 2 is 2.27 bits per heavy atom. The van der Waals surface area contributed by atoms with Crippen molar-refractivity contribution in [2.75, 3.05) is 58.6 Å². The van der Waals surface area contributed by atoms with Gasteiger partial charge in [0, 0.05) is 31.6 Å². The van der Waals surface area contributed by atoms with Gasteiger partial charge in [-0.1, -0.05) is 15.9 Å². The summed E-state index contributed by atoms with van der Waals surface area (Å²) < 4.78 is 15.8. The summed E-state index contributed by atoms with van der Waals surface area (Å²) in [6.07, 6.45) is 0. The number of nitrogens with zero attached hydrogens (tertiary/aromatic N) is 1. The van der Waals surface area contributed by atoms with Crippen LogP contribution >= 0.6 is 15.9 Å². The smallest absolute Gasteiger partial charge is 0.0700 e. The van der Waals surface area contributed by atoms with Gasteiger partial charge in [0.25, 0.3) is 0 Å². The summed E-state index contributed by atoms with van der Waals surface area (Å²) in [6, 6.07) is 0.491. The zero-order chi connectivity index (χ0) is 10.9. The highest BCUT2D eigenvalue weighted by atomic mass is 79.9. The van der Waals surface area contributed by atoms with Crippen LogP contribution < -0.4 is 0 Å². The van der Waals surface area contributed by atoms with E-state index in [1.807, 2.05) is 0 Å². The molecule has 0 aromatic heterocycles. The minimum absolute atomic E-state index is 0.491. The zero-order valence-corrected chi connectivity index (χ0v) is 10.9. The van der Waals surface area contributed by atoms with Gasteiger partial charge in [-0.05, 0) is 0 Å². The minimum atomic E-state index is 0.491. The number of halogens is 1. The second-order valence-corrected chi connectivity index (χ2v) is 4.17. The van der Waals surface area contributed by atoms with Crippen LogP contribution in [-0.4, -0.2) is 69.5 Å². The summed E-state index contributed by atoms with van der Waals surface area (Å²) in [5.74, 6) is 0. The summed E-state index contributed by atoms with van der Waals surface area (Å²) in [7, 11) is 1.69. The molecule has 0 spiro atoms. The predicted octanol–water partition coefficient (Wildman–Crippen LogP) is 0.745. The molecule has 1 saturated heterocycles. The number of morpholine rings is 1. The first-order chi connectivity index (χ1) is 7.38. The monoisotopic (exact) mass is 281 g/mol. The molecule has 0 bridgehead atoms. The lowest BCUT2D eigenvalue weighted by molar-refractivity contribution is -0.0156. The standard InChI is InChI=1S/C10H20BrNO3/c1-13-6-7-14-4-2-12-3-5-15-9-10(12)8-11/h10H,2-9H2,1H3. The first kappa shape index (κ1) is 13.4. The minimum Gasteiger partial charge on any atom is -0.382 e. The van der Waals surface area contributed by atoms with E-state index in [1.54, 1.807) is 7.11 Å². The fourth-order valence-corrected chi connectivity index (χ4v) is 2.15. The van der Waals surface area contributed by atoms with E-state index >= 15 is 0 Å². The number of hydrogen-bond acceptors (Lipinski definition) is 4. The van der Waals surface area contributed by atoms with Gasteiger partial charge in [0.05, 0.1) is 33.0 Å². The van der Waals surface area contributed by atoms with Gasteiger partial charge in [-0.3, -0.25) is 4.90 Å². The molecule has 1 aliphatic heterocycles. The Balaban J connectivity index is 2.07. The van der Waals surface area contributed by atoms with Crippen LogP contribution in [0, 0.1) is 0 Å². The molecular weight excluding hydrogens is 262 g/mol. The third-order valence-electron chi connectivity index (χ3n) is 2.48. The summed E-state index contributed by atoms with van der Waals surface area (Å²) in [6.45, 7) is 5.76. The first-order valence-corrected chi connectivity index (χ1v) is 6.45. The van der Waals surface area contributed by atoms with Crippen molar-refractivity contribution in [3.05, 3.63) is 0 Å². The van der Waals surface area contributed by atoms with Crippen molar-refractivity contribution in [3.8, 4) is 0 Å². The summed E-state index contributed by atoms with van der Waals surface area (Å²) in [5, 5.41) is 0.963. The van der Waals surface area contributed by atoms with Crippen molar-refractivity contribution in [2.45, 2.75) is 6.04 Å². The van der Waals surface area contributed by atoms with Crippen molar-refractivity contribution >= 4 is 15.9 Å². The van der Waals surface area contributed by atoms with Crippen molar-refractivity contribution in [1.82, 2.24) is 4.90 Å². The van der Waals surface area contributed by atoms with Crippen molar-refractivity contribution in [2.24, 2.45) is 0 Å². The van der Waals surface area contributed by atoms with E-state index in [4.69, 9.17) is 14.2 Å². The molecule has 0 aliphatic carbocycles. The Labute approximate surface area is 100.0 Å². The molecule has 90 valence electrons. The molecule has 1 unspecified atom stereocenters. The van der Waals surface area contributed by atoms with Gasteiger partial charge in [0.15, 0.2) is 0 Å². The molecule has 1 fully saturated rings. The zero-order valence-electron chi connectivity index (χ0n) is 9.28. The average molecular weight is 282 g/mol. The second-order valence-electron chi connectivity index (χ2n) is 3.52. The van der Waals surface area contributed by atoms with Crippen molar-refractivity contribution in [1.29, 1.82) is 0 Å². The SMILES string of the molecule is COCCOCCN1CCOCC1CBr. The quantitative estimate of drug-likeness (QED) is 0.509. The summed E-state index contributed by atoms with van der Waals surface area (Å²) in [5.41, 5.74) is 0. The molecule has 0 saturated carbocycles. The van der Waals surface area contributed by atoms with Crippen LogP contribution in [0.5, 0.6) is 0 Å². The molecule has 5 heteroatoms. The van der Waals surface area contributed by atoms with Gasteiger partial charge in [0.1, 0.15) is 0 Å². The third kappa shape index (κ3) is 5.26. The van der Waals surface area contributed by atoms with Crippen LogP contribution in [0.1, 0.15) is 0 Å². The number of alkyl halides is 1. The van der Waals surface area contributed by atoms with Crippen molar-refractivity contribution < 1.29 is 14.2 Å². The van der Waals surface area contributed by atoms with E-state index in [-0.39, 0.29) is 0 Å². The van der Waals surface area contributed by atoms with Crippen LogP contribution in [0.25, 0.3) is 0 Å². The van der Waals surface area contributed by atoms with Gasteiger partial charge < -0.3 is 14.2 Å². The topological polar surface area (TPSA) is 30.9 Å². The Bertz CT molecular complexity index is 160. The van der Waals surface area contributed by atoms with E-state index in [2.05, 4.69) is 20.8 Å². The number of hydrogen-bond donors (Lipinski definition) is 0. The Morgan fingerprint density at radius 3 is 3.00 bits per heavy atom. The summed E-state index contributed by atoms with van der Waals surface area (Å²) >= 11 is 3.50. The maximum Gasteiger partial charge on any atom is 0.0700 e. The Hall–Kier alpha value is 0.320. The predicted molar refractivity (Wildman–Crippen MR) is 62.7 cm³/mol. The highest BCUT2D eigenvalue weighted by molar-refractivity contribution is 9.09. The van der Waals surface area contributed by atoms with Crippen LogP contribution in [0.4, 0.5) is 0 Å². The lowest BCUT2D eigenvalue weighted by Crippen LogP contribution is -2.47. The second kappa shape index (κ2) is 8.47. The molecule has 0 aromatic carbocycles. The normalized spacial score (nSPS) is 23.2. The molecule has 1 rings (SSSR count).